The van der Waals surface area contributed by atoms with Gasteiger partial charge in [-0.1, -0.05) is 6.07 Å². The molecule has 6 nitrogen and oxygen atoms in total. The fourth-order valence-corrected chi connectivity index (χ4v) is 4.12. The summed E-state index contributed by atoms with van der Waals surface area (Å²) < 4.78 is 31.2. The highest BCUT2D eigenvalue weighted by Gasteiger charge is 2.41. The van der Waals surface area contributed by atoms with Crippen molar-refractivity contribution in [3.05, 3.63) is 36.5 Å². The molecule has 7 heteroatoms. The molecule has 0 spiro atoms. The summed E-state index contributed by atoms with van der Waals surface area (Å²) in [6, 6.07) is 8.42. The zero-order chi connectivity index (χ0) is 15.0. The number of fused-ring (bicyclic) bond motifs is 1. The van der Waals surface area contributed by atoms with Crippen molar-refractivity contribution in [2.45, 2.75) is 4.90 Å². The minimum absolute atomic E-state index is 0.158. The van der Waals surface area contributed by atoms with E-state index >= 15 is 0 Å². The highest BCUT2D eigenvalue weighted by Crippen LogP contribution is 2.29. The molecule has 1 aromatic heterocycles. The maximum atomic E-state index is 12.6. The smallest absolute Gasteiger partial charge is 0.311 e. The zero-order valence-electron chi connectivity index (χ0n) is 11.4. The molecular formula is C14H14N2O4S. The predicted molar refractivity (Wildman–Crippen MR) is 76.0 cm³/mol. The van der Waals surface area contributed by atoms with Crippen LogP contribution in [0.3, 0.4) is 0 Å². The molecule has 0 N–H and O–H groups in total. The second-order valence-electron chi connectivity index (χ2n) is 4.87. The van der Waals surface area contributed by atoms with Gasteiger partial charge in [0.15, 0.2) is 0 Å². The van der Waals surface area contributed by atoms with Crippen molar-refractivity contribution >= 4 is 26.9 Å². The molecule has 1 saturated heterocycles. The Kier molecular flexibility index (Phi) is 3.38. The van der Waals surface area contributed by atoms with E-state index in [0.29, 0.717) is 10.9 Å². The topological polar surface area (TPSA) is 76.6 Å². The second kappa shape index (κ2) is 5.09. The lowest BCUT2D eigenvalue weighted by molar-refractivity contribution is -0.149. The van der Waals surface area contributed by atoms with E-state index < -0.39 is 10.0 Å². The Morgan fingerprint density at radius 1 is 1.29 bits per heavy atom. The van der Waals surface area contributed by atoms with E-state index in [1.165, 1.54) is 11.4 Å². The van der Waals surface area contributed by atoms with E-state index in [9.17, 15) is 13.2 Å². The number of carbonyl (C=O) groups is 1. The highest BCUT2D eigenvalue weighted by atomic mass is 32.2. The number of hydrogen-bond acceptors (Lipinski definition) is 5. The van der Waals surface area contributed by atoms with Gasteiger partial charge >= 0.3 is 5.97 Å². The quantitative estimate of drug-likeness (QED) is 0.792. The molecule has 0 bridgehead atoms. The molecular weight excluding hydrogens is 292 g/mol. The van der Waals surface area contributed by atoms with Crippen molar-refractivity contribution in [3.63, 3.8) is 0 Å². The van der Waals surface area contributed by atoms with Gasteiger partial charge in [0.1, 0.15) is 0 Å². The first-order chi connectivity index (χ1) is 10.0. The number of hydrogen-bond donors (Lipinski definition) is 0. The molecule has 0 atom stereocenters. The van der Waals surface area contributed by atoms with Gasteiger partial charge in [0.2, 0.25) is 10.0 Å². The Labute approximate surface area is 122 Å². The Hall–Kier alpha value is -1.99. The van der Waals surface area contributed by atoms with Crippen LogP contribution in [-0.2, 0) is 19.6 Å². The maximum absolute atomic E-state index is 12.6. The molecule has 1 aliphatic rings. The zero-order valence-corrected chi connectivity index (χ0v) is 12.2. The van der Waals surface area contributed by atoms with E-state index in [-0.39, 0.29) is 29.9 Å². The minimum atomic E-state index is -3.62. The van der Waals surface area contributed by atoms with Gasteiger partial charge in [-0.25, -0.2) is 8.42 Å². The molecule has 0 radical (unpaired) electrons. The Morgan fingerprint density at radius 3 is 2.76 bits per heavy atom. The van der Waals surface area contributed by atoms with Crippen molar-refractivity contribution in [1.82, 2.24) is 9.29 Å². The van der Waals surface area contributed by atoms with Gasteiger partial charge in [-0.2, -0.15) is 4.31 Å². The molecule has 3 rings (SSSR count). The van der Waals surface area contributed by atoms with Crippen LogP contribution in [0.25, 0.3) is 10.9 Å². The predicted octanol–water partition coefficient (Wildman–Crippen LogP) is 1.03. The molecule has 0 aliphatic carbocycles. The Bertz CT molecular complexity index is 792. The van der Waals surface area contributed by atoms with E-state index in [2.05, 4.69) is 9.72 Å². The van der Waals surface area contributed by atoms with Crippen molar-refractivity contribution in [3.8, 4) is 0 Å². The highest BCUT2D eigenvalue weighted by molar-refractivity contribution is 7.89. The average molecular weight is 306 g/mol. The van der Waals surface area contributed by atoms with Gasteiger partial charge in [-0.15, -0.1) is 0 Å². The molecule has 1 fully saturated rings. The monoisotopic (exact) mass is 306 g/mol. The molecule has 1 aliphatic heterocycles. The fourth-order valence-electron chi connectivity index (χ4n) is 2.39. The Morgan fingerprint density at radius 2 is 2.05 bits per heavy atom. The first-order valence-electron chi connectivity index (χ1n) is 6.46. The normalized spacial score (nSPS) is 16.6. The molecule has 2 heterocycles. The van der Waals surface area contributed by atoms with Crippen LogP contribution in [0.2, 0.25) is 0 Å². The number of sulfonamides is 1. The Balaban J connectivity index is 1.94. The first kappa shape index (κ1) is 14.0. The fraction of sp³-hybridized carbons (Fsp3) is 0.286. The van der Waals surface area contributed by atoms with Crippen molar-refractivity contribution < 1.29 is 17.9 Å². The summed E-state index contributed by atoms with van der Waals surface area (Å²) in [5.74, 6) is -0.751. The molecule has 0 unspecified atom stereocenters. The third-order valence-corrected chi connectivity index (χ3v) is 5.50. The summed E-state index contributed by atoms with van der Waals surface area (Å²) in [6.07, 6.45) is 1.62. The number of nitrogens with zero attached hydrogens (tertiary/aromatic N) is 2. The largest absolute Gasteiger partial charge is 0.469 e. The van der Waals surface area contributed by atoms with Gasteiger partial charge in [0.05, 0.1) is 23.4 Å². The summed E-state index contributed by atoms with van der Waals surface area (Å²) in [7, 11) is -2.32. The number of pyridine rings is 1. The number of methoxy groups -OCH3 is 1. The molecule has 0 saturated carbocycles. The first-order valence-corrected chi connectivity index (χ1v) is 7.90. The molecule has 110 valence electrons. The van der Waals surface area contributed by atoms with Crippen LogP contribution in [0, 0.1) is 5.92 Å². The lowest BCUT2D eigenvalue weighted by atomic mass is 10.0. The number of rotatable bonds is 3. The number of ether oxygens (including phenoxy) is 1. The van der Waals surface area contributed by atoms with Crippen LogP contribution >= 0.6 is 0 Å². The molecule has 21 heavy (non-hydrogen) atoms. The molecule has 2 aromatic rings. The van der Waals surface area contributed by atoms with E-state index in [4.69, 9.17) is 0 Å². The third kappa shape index (κ3) is 2.28. The van der Waals surface area contributed by atoms with Crippen LogP contribution in [-0.4, -0.2) is 43.9 Å². The molecule has 0 amide bonds. The van der Waals surface area contributed by atoms with Gasteiger partial charge < -0.3 is 4.74 Å². The maximum Gasteiger partial charge on any atom is 0.311 e. The van der Waals surface area contributed by atoms with E-state index in [1.807, 2.05) is 0 Å². The summed E-state index contributed by atoms with van der Waals surface area (Å²) in [4.78, 5) is 15.7. The van der Waals surface area contributed by atoms with Crippen LogP contribution in [0.1, 0.15) is 0 Å². The summed E-state index contributed by atoms with van der Waals surface area (Å²) in [5, 5.41) is 0.585. The third-order valence-electron chi connectivity index (χ3n) is 3.61. The average Bonchev–Trinajstić information content (AvgIpc) is 2.44. The van der Waals surface area contributed by atoms with Gasteiger partial charge in [-0.3, -0.25) is 9.78 Å². The second-order valence-corrected chi connectivity index (χ2v) is 6.77. The van der Waals surface area contributed by atoms with E-state index in [0.717, 1.165) is 0 Å². The van der Waals surface area contributed by atoms with Gasteiger partial charge in [-0.05, 0) is 24.3 Å². The van der Waals surface area contributed by atoms with Crippen molar-refractivity contribution in [1.29, 1.82) is 0 Å². The SMILES string of the molecule is COC(=O)C1CN(S(=O)(=O)c2cccc3ncccc23)C1. The lowest BCUT2D eigenvalue weighted by Crippen LogP contribution is -2.53. The lowest BCUT2D eigenvalue weighted by Gasteiger charge is -2.36. The van der Waals surface area contributed by atoms with Gasteiger partial charge in [0.25, 0.3) is 0 Å². The molecule has 1 aromatic carbocycles. The minimum Gasteiger partial charge on any atom is -0.469 e. The van der Waals surface area contributed by atoms with Crippen molar-refractivity contribution in [2.75, 3.05) is 20.2 Å². The number of benzene rings is 1. The summed E-state index contributed by atoms with van der Waals surface area (Å²) in [6.45, 7) is 0.317. The number of aromatic nitrogens is 1. The number of esters is 1. The van der Waals surface area contributed by atoms with Crippen LogP contribution < -0.4 is 0 Å². The van der Waals surface area contributed by atoms with Crippen LogP contribution in [0.4, 0.5) is 0 Å². The van der Waals surface area contributed by atoms with E-state index in [1.54, 1.807) is 36.5 Å². The van der Waals surface area contributed by atoms with Crippen LogP contribution in [0.5, 0.6) is 0 Å². The van der Waals surface area contributed by atoms with Crippen LogP contribution in [0.15, 0.2) is 41.4 Å². The summed E-state index contributed by atoms with van der Waals surface area (Å²) in [5.41, 5.74) is 0.628. The standard InChI is InChI=1S/C14H14N2O4S/c1-20-14(17)10-8-16(9-10)21(18,19)13-6-2-5-12-11(13)4-3-7-15-12/h2-7,10H,8-9H2,1H3. The van der Waals surface area contributed by atoms with Crippen molar-refractivity contribution in [2.24, 2.45) is 5.92 Å². The van der Waals surface area contributed by atoms with Gasteiger partial charge in [0, 0.05) is 24.7 Å². The summed E-state index contributed by atoms with van der Waals surface area (Å²) >= 11 is 0. The number of carbonyl (C=O) groups excluding carboxylic acids is 1.